The number of hydrogen-bond acceptors (Lipinski definition) is 5. The number of benzene rings is 1. The molecule has 1 aliphatic rings. The monoisotopic (exact) mass is 298 g/mol. The summed E-state index contributed by atoms with van der Waals surface area (Å²) in [6, 6.07) is 4.40. The quantitative estimate of drug-likeness (QED) is 0.791. The number of methoxy groups -OCH3 is 1. The van der Waals surface area contributed by atoms with E-state index in [2.05, 4.69) is 9.46 Å². The van der Waals surface area contributed by atoms with Crippen molar-refractivity contribution in [3.63, 3.8) is 0 Å². The van der Waals surface area contributed by atoms with Crippen molar-refractivity contribution < 1.29 is 17.9 Å². The Bertz CT molecular complexity index is 621. The third-order valence-corrected chi connectivity index (χ3v) is 5.06. The molecule has 0 aliphatic heterocycles. The molecule has 0 atom stereocenters. The third kappa shape index (κ3) is 3.00. The van der Waals surface area contributed by atoms with Gasteiger partial charge < -0.3 is 10.5 Å². The van der Waals surface area contributed by atoms with Crippen molar-refractivity contribution in [3.05, 3.63) is 29.3 Å². The molecule has 6 nitrogen and oxygen atoms in total. The molecular formula is C13H18N2O4S. The first kappa shape index (κ1) is 15.0. The lowest BCUT2D eigenvalue weighted by Gasteiger charge is -2.32. The number of aryl methyl sites for hydroxylation is 1. The number of esters is 1. The lowest BCUT2D eigenvalue weighted by molar-refractivity contribution is 0.0600. The molecule has 0 spiro atoms. The summed E-state index contributed by atoms with van der Waals surface area (Å²) in [4.78, 5) is 11.6. The van der Waals surface area contributed by atoms with Gasteiger partial charge in [0.15, 0.2) is 0 Å². The SMILES string of the molecule is COC(=O)c1ccc(C)c(S(=O)(=O)NC2CC(N)C2)c1. The summed E-state index contributed by atoms with van der Waals surface area (Å²) in [5.41, 5.74) is 6.43. The summed E-state index contributed by atoms with van der Waals surface area (Å²) in [5.74, 6) is -0.563. The Hall–Kier alpha value is -1.44. The molecule has 0 bridgehead atoms. The standard InChI is InChI=1S/C13H18N2O4S/c1-8-3-4-9(13(16)19-2)5-12(8)20(17,18)15-11-6-10(14)7-11/h3-5,10-11,15H,6-7,14H2,1-2H3. The molecular weight excluding hydrogens is 280 g/mol. The molecule has 0 heterocycles. The fourth-order valence-electron chi connectivity index (χ4n) is 2.18. The Labute approximate surface area is 118 Å². The highest BCUT2D eigenvalue weighted by Gasteiger charge is 2.31. The maximum atomic E-state index is 12.3. The van der Waals surface area contributed by atoms with Crippen molar-refractivity contribution in [1.29, 1.82) is 0 Å². The summed E-state index contributed by atoms with van der Waals surface area (Å²) in [7, 11) is -2.40. The van der Waals surface area contributed by atoms with E-state index in [1.165, 1.54) is 13.2 Å². The van der Waals surface area contributed by atoms with Crippen molar-refractivity contribution in [3.8, 4) is 0 Å². The molecule has 1 saturated carbocycles. The van der Waals surface area contributed by atoms with E-state index in [1.807, 2.05) is 0 Å². The van der Waals surface area contributed by atoms with Crippen LogP contribution < -0.4 is 10.5 Å². The molecule has 1 aliphatic carbocycles. The number of nitrogens with two attached hydrogens (primary N) is 1. The second-order valence-corrected chi connectivity index (χ2v) is 6.70. The summed E-state index contributed by atoms with van der Waals surface area (Å²) in [5, 5.41) is 0. The van der Waals surface area contributed by atoms with Crippen molar-refractivity contribution in [2.75, 3.05) is 7.11 Å². The van der Waals surface area contributed by atoms with Gasteiger partial charge in [-0.25, -0.2) is 17.9 Å². The minimum atomic E-state index is -3.65. The van der Waals surface area contributed by atoms with Gasteiger partial charge in [0.25, 0.3) is 0 Å². The van der Waals surface area contributed by atoms with Crippen LogP contribution in [0, 0.1) is 6.92 Å². The number of ether oxygens (including phenoxy) is 1. The van der Waals surface area contributed by atoms with Gasteiger partial charge in [-0.2, -0.15) is 0 Å². The molecule has 0 aromatic heterocycles. The lowest BCUT2D eigenvalue weighted by Crippen LogP contribution is -2.50. The van der Waals surface area contributed by atoms with Crippen LogP contribution in [0.25, 0.3) is 0 Å². The Morgan fingerprint density at radius 2 is 2.05 bits per heavy atom. The Kier molecular flexibility index (Phi) is 4.12. The van der Waals surface area contributed by atoms with Crippen LogP contribution in [0.1, 0.15) is 28.8 Å². The van der Waals surface area contributed by atoms with Crippen LogP contribution in [-0.2, 0) is 14.8 Å². The molecule has 2 rings (SSSR count). The molecule has 1 fully saturated rings. The number of hydrogen-bond donors (Lipinski definition) is 2. The van der Waals surface area contributed by atoms with Gasteiger partial charge in [0.05, 0.1) is 17.6 Å². The molecule has 110 valence electrons. The molecule has 7 heteroatoms. The van der Waals surface area contributed by atoms with Crippen molar-refractivity contribution >= 4 is 16.0 Å². The summed E-state index contributed by atoms with van der Waals surface area (Å²) in [6.45, 7) is 1.68. The molecule has 0 saturated heterocycles. The normalized spacial score (nSPS) is 22.1. The van der Waals surface area contributed by atoms with Crippen LogP contribution in [0.2, 0.25) is 0 Å². The Morgan fingerprint density at radius 3 is 2.60 bits per heavy atom. The number of rotatable bonds is 4. The molecule has 0 amide bonds. The fourth-order valence-corrected chi connectivity index (χ4v) is 3.71. The molecule has 3 N–H and O–H groups in total. The number of sulfonamides is 1. The second-order valence-electron chi connectivity index (χ2n) is 5.02. The van der Waals surface area contributed by atoms with Crippen LogP contribution >= 0.6 is 0 Å². The van der Waals surface area contributed by atoms with Gasteiger partial charge in [0, 0.05) is 12.1 Å². The fraction of sp³-hybridized carbons (Fsp3) is 0.462. The van der Waals surface area contributed by atoms with Crippen LogP contribution in [0.5, 0.6) is 0 Å². The van der Waals surface area contributed by atoms with Crippen molar-refractivity contribution in [2.45, 2.75) is 36.7 Å². The zero-order chi connectivity index (χ0) is 14.9. The molecule has 1 aromatic rings. The van der Waals surface area contributed by atoms with E-state index in [1.54, 1.807) is 19.1 Å². The average molecular weight is 298 g/mol. The first-order valence-electron chi connectivity index (χ1n) is 6.30. The van der Waals surface area contributed by atoms with E-state index in [4.69, 9.17) is 5.73 Å². The van der Waals surface area contributed by atoms with Crippen LogP contribution in [0.3, 0.4) is 0 Å². The summed E-state index contributed by atoms with van der Waals surface area (Å²) in [6.07, 6.45) is 1.27. The zero-order valence-corrected chi connectivity index (χ0v) is 12.2. The van der Waals surface area contributed by atoms with Gasteiger partial charge in [-0.1, -0.05) is 6.07 Å². The first-order valence-corrected chi connectivity index (χ1v) is 7.78. The average Bonchev–Trinajstić information content (AvgIpc) is 2.36. The Balaban J connectivity index is 2.28. The van der Waals surface area contributed by atoms with Crippen LogP contribution in [0.15, 0.2) is 23.1 Å². The molecule has 20 heavy (non-hydrogen) atoms. The van der Waals surface area contributed by atoms with Crippen molar-refractivity contribution in [1.82, 2.24) is 4.72 Å². The predicted molar refractivity (Wildman–Crippen MR) is 73.8 cm³/mol. The number of carbonyl (C=O) groups excluding carboxylic acids is 1. The van der Waals surface area contributed by atoms with Gasteiger partial charge in [-0.15, -0.1) is 0 Å². The topological polar surface area (TPSA) is 98.5 Å². The Morgan fingerprint density at radius 1 is 1.40 bits per heavy atom. The smallest absolute Gasteiger partial charge is 0.337 e. The predicted octanol–water partition coefficient (Wildman–Crippen LogP) is 0.550. The van der Waals surface area contributed by atoms with Gasteiger partial charge in [0.1, 0.15) is 0 Å². The molecule has 1 aromatic carbocycles. The minimum absolute atomic E-state index is 0.0604. The zero-order valence-electron chi connectivity index (χ0n) is 11.4. The van der Waals surface area contributed by atoms with Gasteiger partial charge >= 0.3 is 5.97 Å². The number of nitrogens with one attached hydrogen (secondary N) is 1. The largest absolute Gasteiger partial charge is 0.465 e. The van der Waals surface area contributed by atoms with Gasteiger partial charge in [-0.05, 0) is 37.5 Å². The highest BCUT2D eigenvalue weighted by Crippen LogP contribution is 2.23. The maximum Gasteiger partial charge on any atom is 0.337 e. The summed E-state index contributed by atoms with van der Waals surface area (Å²) >= 11 is 0. The summed E-state index contributed by atoms with van der Waals surface area (Å²) < 4.78 is 31.8. The van der Waals surface area contributed by atoms with Crippen molar-refractivity contribution in [2.24, 2.45) is 5.73 Å². The van der Waals surface area contributed by atoms with E-state index in [9.17, 15) is 13.2 Å². The molecule has 0 unspecified atom stereocenters. The maximum absolute atomic E-state index is 12.3. The van der Waals surface area contributed by atoms with E-state index >= 15 is 0 Å². The van der Waals surface area contributed by atoms with Gasteiger partial charge in [-0.3, -0.25) is 0 Å². The van der Waals surface area contributed by atoms with E-state index in [0.717, 1.165) is 0 Å². The van der Waals surface area contributed by atoms with Crippen LogP contribution in [-0.4, -0.2) is 33.6 Å². The van der Waals surface area contributed by atoms with E-state index < -0.39 is 16.0 Å². The third-order valence-electron chi connectivity index (χ3n) is 3.40. The first-order chi connectivity index (χ1) is 9.33. The number of carbonyl (C=O) groups is 1. The highest BCUT2D eigenvalue weighted by atomic mass is 32.2. The van der Waals surface area contributed by atoms with E-state index in [0.29, 0.717) is 18.4 Å². The highest BCUT2D eigenvalue weighted by molar-refractivity contribution is 7.89. The molecule has 0 radical (unpaired) electrons. The van der Waals surface area contributed by atoms with E-state index in [-0.39, 0.29) is 22.5 Å². The van der Waals surface area contributed by atoms with Gasteiger partial charge in [0.2, 0.25) is 10.0 Å². The lowest BCUT2D eigenvalue weighted by atomic mass is 9.89. The second kappa shape index (κ2) is 5.51. The minimum Gasteiger partial charge on any atom is -0.465 e. The van der Waals surface area contributed by atoms with Crippen LogP contribution in [0.4, 0.5) is 0 Å².